The molecule has 9 heteroatoms. The second-order valence-electron chi connectivity index (χ2n) is 6.75. The summed E-state index contributed by atoms with van der Waals surface area (Å²) in [5.74, 6) is -2.22. The molecule has 1 aromatic heterocycles. The molecule has 2 amide bonds. The maximum atomic E-state index is 13.1. The Morgan fingerprint density at radius 3 is 2.37 bits per heavy atom. The van der Waals surface area contributed by atoms with Gasteiger partial charge in [-0.2, -0.15) is 0 Å². The average molecular weight is 416 g/mol. The maximum Gasteiger partial charge on any atom is 0.303 e. The van der Waals surface area contributed by atoms with Crippen LogP contribution in [0.25, 0.3) is 0 Å². The van der Waals surface area contributed by atoms with Crippen LogP contribution >= 0.6 is 0 Å². The van der Waals surface area contributed by atoms with Crippen LogP contribution in [0.1, 0.15) is 43.6 Å². The van der Waals surface area contributed by atoms with E-state index in [1.165, 1.54) is 24.3 Å². The fraction of sp³-hybridized carbons (Fsp3) is 0.333. The zero-order valence-electron chi connectivity index (χ0n) is 16.4. The fourth-order valence-electron chi connectivity index (χ4n) is 2.82. The van der Waals surface area contributed by atoms with Gasteiger partial charge in [-0.3, -0.25) is 25.2 Å². The highest BCUT2D eigenvalue weighted by molar-refractivity contribution is 5.82. The number of nitrogens with zero attached hydrogens (tertiary/aromatic N) is 1. The largest absolute Gasteiger partial charge is 0.481 e. The molecule has 0 bridgehead atoms. The number of carboxylic acids is 1. The fourth-order valence-corrected chi connectivity index (χ4v) is 2.82. The maximum absolute atomic E-state index is 13.1. The zero-order chi connectivity index (χ0) is 21.8. The molecule has 0 aliphatic rings. The zero-order valence-corrected chi connectivity index (χ0v) is 16.4. The first kappa shape index (κ1) is 22.8. The number of aromatic nitrogens is 1. The van der Waals surface area contributed by atoms with E-state index in [9.17, 15) is 18.8 Å². The molecule has 0 spiro atoms. The molecule has 160 valence electrons. The van der Waals surface area contributed by atoms with Crippen molar-refractivity contribution < 1.29 is 23.9 Å². The van der Waals surface area contributed by atoms with Crippen molar-refractivity contribution in [1.82, 2.24) is 15.8 Å². The van der Waals surface area contributed by atoms with Crippen molar-refractivity contribution in [3.63, 3.8) is 0 Å². The van der Waals surface area contributed by atoms with Crippen molar-refractivity contribution in [2.24, 2.45) is 0 Å². The smallest absolute Gasteiger partial charge is 0.303 e. The van der Waals surface area contributed by atoms with Crippen molar-refractivity contribution in [3.05, 3.63) is 60.0 Å². The lowest BCUT2D eigenvalue weighted by atomic mass is 9.92. The highest BCUT2D eigenvalue weighted by Crippen LogP contribution is 2.23. The van der Waals surface area contributed by atoms with Crippen LogP contribution in [-0.4, -0.2) is 34.4 Å². The van der Waals surface area contributed by atoms with Crippen LogP contribution in [0.3, 0.4) is 0 Å². The Morgan fingerprint density at radius 2 is 1.70 bits per heavy atom. The van der Waals surface area contributed by atoms with Crippen molar-refractivity contribution in [2.75, 3.05) is 11.9 Å². The Balaban J connectivity index is 1.68. The van der Waals surface area contributed by atoms with E-state index in [2.05, 4.69) is 21.2 Å². The van der Waals surface area contributed by atoms with Crippen LogP contribution in [0, 0.1) is 5.82 Å². The molecule has 2 rings (SSSR count). The first-order valence-corrected chi connectivity index (χ1v) is 9.64. The van der Waals surface area contributed by atoms with Crippen molar-refractivity contribution in [2.45, 2.75) is 38.0 Å². The van der Waals surface area contributed by atoms with E-state index in [4.69, 9.17) is 5.11 Å². The lowest BCUT2D eigenvalue weighted by Gasteiger charge is -2.15. The van der Waals surface area contributed by atoms with E-state index in [0.717, 1.165) is 12.2 Å². The molecule has 4 N–H and O–H groups in total. The Bertz CT molecular complexity index is 831. The van der Waals surface area contributed by atoms with Crippen LogP contribution in [0.2, 0.25) is 0 Å². The van der Waals surface area contributed by atoms with Crippen LogP contribution in [0.15, 0.2) is 48.7 Å². The summed E-state index contributed by atoms with van der Waals surface area (Å²) >= 11 is 0. The molecule has 0 saturated carbocycles. The van der Waals surface area contributed by atoms with Gasteiger partial charge in [0.15, 0.2) is 0 Å². The van der Waals surface area contributed by atoms with Gasteiger partial charge in [-0.05, 0) is 42.7 Å². The molecule has 0 aliphatic heterocycles. The van der Waals surface area contributed by atoms with Gasteiger partial charge in [-0.1, -0.05) is 18.2 Å². The number of amides is 2. The van der Waals surface area contributed by atoms with Gasteiger partial charge < -0.3 is 10.4 Å². The molecular formula is C21H25FN4O4. The van der Waals surface area contributed by atoms with E-state index >= 15 is 0 Å². The number of hydrogen-bond acceptors (Lipinski definition) is 5. The minimum atomic E-state index is -1.07. The van der Waals surface area contributed by atoms with Gasteiger partial charge in [-0.15, -0.1) is 0 Å². The molecule has 0 radical (unpaired) electrons. The van der Waals surface area contributed by atoms with E-state index in [0.29, 0.717) is 18.5 Å². The number of hydrogen-bond donors (Lipinski definition) is 4. The predicted octanol–water partition coefficient (Wildman–Crippen LogP) is 2.60. The predicted molar refractivity (Wildman–Crippen MR) is 109 cm³/mol. The summed E-state index contributed by atoms with van der Waals surface area (Å²) in [5.41, 5.74) is 5.18. The molecule has 0 saturated heterocycles. The van der Waals surface area contributed by atoms with Gasteiger partial charge in [-0.25, -0.2) is 9.37 Å². The summed E-state index contributed by atoms with van der Waals surface area (Å²) in [6.45, 7) is 0.672. The standard InChI is InChI=1S/C21H25FN4O4/c22-17-9-7-15(8-10-17)16(14-21(29)30)13-20(28)26-25-19(27)6-2-4-12-24-18-5-1-3-11-23-18/h1,3,5,7-11,16H,2,4,6,12-14H2,(H,23,24)(H,25,27)(H,26,28)(H,29,30). The summed E-state index contributed by atoms with van der Waals surface area (Å²) in [6.07, 6.45) is 2.88. The molecular weight excluding hydrogens is 391 g/mol. The second-order valence-corrected chi connectivity index (χ2v) is 6.75. The highest BCUT2D eigenvalue weighted by Gasteiger charge is 2.20. The van der Waals surface area contributed by atoms with E-state index in [1.54, 1.807) is 6.20 Å². The minimum absolute atomic E-state index is 0.147. The first-order chi connectivity index (χ1) is 14.4. The number of rotatable bonds is 11. The SMILES string of the molecule is O=C(O)CC(CC(=O)NNC(=O)CCCCNc1ccccn1)c1ccc(F)cc1. The minimum Gasteiger partial charge on any atom is -0.481 e. The summed E-state index contributed by atoms with van der Waals surface area (Å²) < 4.78 is 13.1. The first-order valence-electron chi connectivity index (χ1n) is 9.64. The third-order valence-electron chi connectivity index (χ3n) is 4.34. The number of halogens is 1. The van der Waals surface area contributed by atoms with Gasteiger partial charge in [0.25, 0.3) is 0 Å². The quantitative estimate of drug-likeness (QED) is 0.330. The number of hydrazine groups is 1. The molecule has 0 aliphatic carbocycles. The molecule has 0 fully saturated rings. The lowest BCUT2D eigenvalue weighted by Crippen LogP contribution is -2.42. The van der Waals surface area contributed by atoms with Crippen molar-refractivity contribution in [3.8, 4) is 0 Å². The Hall–Kier alpha value is -3.49. The van der Waals surface area contributed by atoms with Crippen LogP contribution < -0.4 is 16.2 Å². The normalized spacial score (nSPS) is 11.4. The van der Waals surface area contributed by atoms with Gasteiger partial charge in [0.1, 0.15) is 11.6 Å². The molecule has 1 atom stereocenters. The van der Waals surface area contributed by atoms with Crippen LogP contribution in [-0.2, 0) is 14.4 Å². The number of carbonyl (C=O) groups is 3. The molecule has 2 aromatic rings. The van der Waals surface area contributed by atoms with Crippen LogP contribution in [0.5, 0.6) is 0 Å². The van der Waals surface area contributed by atoms with Gasteiger partial charge >= 0.3 is 5.97 Å². The van der Waals surface area contributed by atoms with E-state index < -0.39 is 23.6 Å². The number of unbranched alkanes of at least 4 members (excludes halogenated alkanes) is 1. The van der Waals surface area contributed by atoms with Gasteiger partial charge in [0, 0.05) is 31.5 Å². The molecule has 1 aromatic carbocycles. The van der Waals surface area contributed by atoms with Crippen molar-refractivity contribution in [1.29, 1.82) is 0 Å². The van der Waals surface area contributed by atoms with E-state index in [1.807, 2.05) is 18.2 Å². The summed E-state index contributed by atoms with van der Waals surface area (Å²) in [5, 5.41) is 12.2. The topological polar surface area (TPSA) is 120 Å². The number of anilines is 1. The molecule has 1 unspecified atom stereocenters. The number of carboxylic acid groups (broad SMARTS) is 1. The monoisotopic (exact) mass is 416 g/mol. The van der Waals surface area contributed by atoms with Crippen LogP contribution in [0.4, 0.5) is 10.2 Å². The summed E-state index contributed by atoms with van der Waals surface area (Å²) in [7, 11) is 0. The number of carbonyl (C=O) groups excluding carboxylic acids is 2. The number of nitrogens with one attached hydrogen (secondary N) is 3. The Kier molecular flexibility index (Phi) is 9.23. The van der Waals surface area contributed by atoms with E-state index in [-0.39, 0.29) is 25.2 Å². The summed E-state index contributed by atoms with van der Waals surface area (Å²) in [4.78, 5) is 39.2. The number of aliphatic carboxylic acids is 1. The molecule has 8 nitrogen and oxygen atoms in total. The summed E-state index contributed by atoms with van der Waals surface area (Å²) in [6, 6.07) is 10.9. The average Bonchev–Trinajstić information content (AvgIpc) is 2.72. The molecule has 30 heavy (non-hydrogen) atoms. The number of pyridine rings is 1. The van der Waals surface area contributed by atoms with Gasteiger partial charge in [0.2, 0.25) is 11.8 Å². The Labute approximate surface area is 173 Å². The third-order valence-corrected chi connectivity index (χ3v) is 4.34. The van der Waals surface area contributed by atoms with Gasteiger partial charge in [0.05, 0.1) is 6.42 Å². The molecule has 1 heterocycles. The number of benzene rings is 1. The van der Waals surface area contributed by atoms with Crippen molar-refractivity contribution >= 4 is 23.6 Å². The second kappa shape index (κ2) is 12.2. The third kappa shape index (κ3) is 8.68. The Morgan fingerprint density at radius 1 is 0.967 bits per heavy atom. The highest BCUT2D eigenvalue weighted by atomic mass is 19.1. The lowest BCUT2D eigenvalue weighted by molar-refractivity contribution is -0.137.